The van der Waals surface area contributed by atoms with E-state index >= 15 is 0 Å². The average Bonchev–Trinajstić information content (AvgIpc) is 3.64. The third-order valence-corrected chi connectivity index (χ3v) is 7.18. The van der Waals surface area contributed by atoms with Crippen LogP contribution < -0.4 is 5.32 Å². The van der Waals surface area contributed by atoms with Crippen LogP contribution in [0.5, 0.6) is 0 Å². The van der Waals surface area contributed by atoms with Crippen molar-refractivity contribution in [1.82, 2.24) is 9.78 Å². The summed E-state index contributed by atoms with van der Waals surface area (Å²) in [5, 5.41) is 16.9. The molecule has 1 aliphatic carbocycles. The lowest BCUT2D eigenvalue weighted by Gasteiger charge is -2.13. The summed E-state index contributed by atoms with van der Waals surface area (Å²) < 4.78 is 1.68. The summed E-state index contributed by atoms with van der Waals surface area (Å²) in [6.07, 6.45) is 3.55. The molecule has 0 bridgehead atoms. The molecule has 1 aromatic heterocycles. The van der Waals surface area contributed by atoms with Crippen LogP contribution in [0, 0.1) is 0 Å². The zero-order chi connectivity index (χ0) is 25.3. The summed E-state index contributed by atoms with van der Waals surface area (Å²) in [6.45, 7) is 2.05. The van der Waals surface area contributed by atoms with Gasteiger partial charge in [0.05, 0.1) is 11.6 Å². The van der Waals surface area contributed by atoms with Gasteiger partial charge in [0.25, 0.3) is 0 Å². The van der Waals surface area contributed by atoms with Crippen molar-refractivity contribution in [3.63, 3.8) is 0 Å². The highest BCUT2D eigenvalue weighted by molar-refractivity contribution is 5.94. The van der Waals surface area contributed by atoms with Crippen LogP contribution in [0.4, 0.5) is 5.82 Å². The molecule has 0 spiro atoms. The first kappa shape index (κ1) is 23.5. The van der Waals surface area contributed by atoms with E-state index in [0.717, 1.165) is 33.4 Å². The number of aryl methyl sites for hydroxylation is 1. The first-order valence-electron chi connectivity index (χ1n) is 12.2. The average molecular weight is 480 g/mol. The Kier molecular flexibility index (Phi) is 6.18. The number of carboxylic acids is 1. The van der Waals surface area contributed by atoms with E-state index in [9.17, 15) is 14.7 Å². The zero-order valence-corrected chi connectivity index (χ0v) is 20.4. The topological polar surface area (TPSA) is 84.2 Å². The van der Waals surface area contributed by atoms with Gasteiger partial charge in [0.2, 0.25) is 5.91 Å². The van der Waals surface area contributed by atoms with E-state index < -0.39 is 11.4 Å². The largest absolute Gasteiger partial charge is 0.481 e. The molecule has 1 unspecified atom stereocenters. The number of carboxylic acid groups (broad SMARTS) is 1. The van der Waals surface area contributed by atoms with E-state index in [1.807, 2.05) is 85.9 Å². The number of aliphatic carboxylic acids is 1. The Morgan fingerprint density at radius 2 is 1.53 bits per heavy atom. The Morgan fingerprint density at radius 3 is 2.11 bits per heavy atom. The first-order valence-corrected chi connectivity index (χ1v) is 12.2. The summed E-state index contributed by atoms with van der Waals surface area (Å²) in [6, 6.07) is 25.9. The van der Waals surface area contributed by atoms with Crippen LogP contribution in [-0.2, 0) is 22.1 Å². The van der Waals surface area contributed by atoms with Crippen LogP contribution in [-0.4, -0.2) is 26.8 Å². The summed E-state index contributed by atoms with van der Waals surface area (Å²) in [5.41, 5.74) is 5.19. The van der Waals surface area contributed by atoms with Gasteiger partial charge in [-0.1, -0.05) is 85.8 Å². The van der Waals surface area contributed by atoms with Crippen molar-refractivity contribution in [2.45, 2.75) is 37.5 Å². The second kappa shape index (κ2) is 9.46. The molecule has 0 saturated heterocycles. The Bertz CT molecular complexity index is 1390. The van der Waals surface area contributed by atoms with Crippen molar-refractivity contribution in [2.75, 3.05) is 5.32 Å². The number of hydrogen-bond acceptors (Lipinski definition) is 3. The predicted molar refractivity (Wildman–Crippen MR) is 141 cm³/mol. The smallest absolute Gasteiger partial charge is 0.314 e. The fraction of sp³-hybridized carbons (Fsp3) is 0.233. The van der Waals surface area contributed by atoms with E-state index in [0.29, 0.717) is 25.1 Å². The highest BCUT2D eigenvalue weighted by Crippen LogP contribution is 2.48. The SMILES string of the molecule is CC(CC(=O)Nc1c(-c2ccc(-c3ccc(C4(C(=O)O)CC4)cc3)cc2)cnn1C)c1ccccc1. The predicted octanol–water partition coefficient (Wildman–Crippen LogP) is 6.00. The van der Waals surface area contributed by atoms with Crippen molar-refractivity contribution in [3.05, 3.63) is 96.2 Å². The molecule has 1 saturated carbocycles. The van der Waals surface area contributed by atoms with E-state index in [1.54, 1.807) is 10.9 Å². The molecule has 1 amide bonds. The minimum Gasteiger partial charge on any atom is -0.481 e. The second-order valence-corrected chi connectivity index (χ2v) is 9.64. The van der Waals surface area contributed by atoms with Crippen molar-refractivity contribution in [1.29, 1.82) is 0 Å². The molecule has 0 radical (unpaired) electrons. The minimum atomic E-state index is -0.742. The number of benzene rings is 3. The molecule has 1 heterocycles. The Balaban J connectivity index is 1.30. The molecule has 5 rings (SSSR count). The number of aromatic nitrogens is 2. The lowest BCUT2D eigenvalue weighted by molar-refractivity contribution is -0.140. The van der Waals surface area contributed by atoms with Gasteiger partial charge in [0.1, 0.15) is 5.82 Å². The molecule has 0 aliphatic heterocycles. The maximum atomic E-state index is 12.8. The lowest BCUT2D eigenvalue weighted by Crippen LogP contribution is -2.19. The van der Waals surface area contributed by atoms with Gasteiger partial charge in [0.15, 0.2) is 0 Å². The van der Waals surface area contributed by atoms with Crippen LogP contribution in [0.15, 0.2) is 85.1 Å². The monoisotopic (exact) mass is 479 g/mol. The first-order chi connectivity index (χ1) is 17.4. The van der Waals surface area contributed by atoms with Gasteiger partial charge in [-0.05, 0) is 46.6 Å². The molecule has 6 heteroatoms. The number of rotatable bonds is 8. The molecule has 182 valence electrons. The molecule has 6 nitrogen and oxygen atoms in total. The molecule has 1 fully saturated rings. The number of carbonyl (C=O) groups is 2. The van der Waals surface area contributed by atoms with Crippen molar-refractivity contribution < 1.29 is 14.7 Å². The van der Waals surface area contributed by atoms with Crippen molar-refractivity contribution >= 4 is 17.7 Å². The number of anilines is 1. The fourth-order valence-corrected chi connectivity index (χ4v) is 4.73. The molecule has 36 heavy (non-hydrogen) atoms. The van der Waals surface area contributed by atoms with E-state index in [2.05, 4.69) is 17.3 Å². The number of hydrogen-bond donors (Lipinski definition) is 2. The van der Waals surface area contributed by atoms with E-state index in [1.165, 1.54) is 0 Å². The Hall–Kier alpha value is -4.19. The van der Waals surface area contributed by atoms with Gasteiger partial charge in [0, 0.05) is 19.0 Å². The number of amides is 1. The molecule has 3 aromatic carbocycles. The maximum Gasteiger partial charge on any atom is 0.314 e. The lowest BCUT2D eigenvalue weighted by atomic mass is 9.93. The van der Waals surface area contributed by atoms with Gasteiger partial charge in [-0.2, -0.15) is 5.10 Å². The summed E-state index contributed by atoms with van der Waals surface area (Å²) in [5.74, 6) is -0.0178. The van der Waals surface area contributed by atoms with Crippen molar-refractivity contribution in [3.8, 4) is 22.3 Å². The Morgan fingerprint density at radius 1 is 0.944 bits per heavy atom. The van der Waals surface area contributed by atoms with Gasteiger partial charge < -0.3 is 10.4 Å². The molecule has 1 aliphatic rings. The molecule has 1 atom stereocenters. The maximum absolute atomic E-state index is 12.8. The van der Waals surface area contributed by atoms with Crippen LogP contribution >= 0.6 is 0 Å². The highest BCUT2D eigenvalue weighted by Gasteiger charge is 2.51. The number of carbonyl (C=O) groups excluding carboxylic acids is 1. The van der Waals surface area contributed by atoms with Crippen LogP contribution in [0.1, 0.15) is 43.2 Å². The van der Waals surface area contributed by atoms with Gasteiger partial charge in [-0.3, -0.25) is 14.3 Å². The van der Waals surface area contributed by atoms with Crippen molar-refractivity contribution in [2.24, 2.45) is 7.05 Å². The van der Waals surface area contributed by atoms with Crippen LogP contribution in [0.3, 0.4) is 0 Å². The Labute approximate surface area is 210 Å². The van der Waals surface area contributed by atoms with Crippen LogP contribution in [0.25, 0.3) is 22.3 Å². The third kappa shape index (κ3) is 4.54. The normalized spacial score (nSPS) is 14.7. The van der Waals surface area contributed by atoms with Crippen LogP contribution in [0.2, 0.25) is 0 Å². The quantitative estimate of drug-likeness (QED) is 0.324. The van der Waals surface area contributed by atoms with E-state index in [4.69, 9.17) is 0 Å². The molecular formula is C30H29N3O3. The molecule has 4 aromatic rings. The van der Waals surface area contributed by atoms with Gasteiger partial charge in [-0.15, -0.1) is 0 Å². The number of nitrogens with one attached hydrogen (secondary N) is 1. The summed E-state index contributed by atoms with van der Waals surface area (Å²) in [7, 11) is 1.82. The van der Waals surface area contributed by atoms with Gasteiger partial charge >= 0.3 is 5.97 Å². The third-order valence-electron chi connectivity index (χ3n) is 7.18. The highest BCUT2D eigenvalue weighted by atomic mass is 16.4. The second-order valence-electron chi connectivity index (χ2n) is 9.64. The standard InChI is InChI=1S/C30H29N3O3/c1-20(21-6-4-3-5-7-21)18-27(34)32-28-26(19-31-33(28)2)24-10-8-22(9-11-24)23-12-14-25(15-13-23)30(16-17-30)29(35)36/h3-15,19-20H,16-18H2,1-2H3,(H,32,34)(H,35,36). The van der Waals surface area contributed by atoms with Gasteiger partial charge in [-0.25, -0.2) is 0 Å². The summed E-state index contributed by atoms with van der Waals surface area (Å²) >= 11 is 0. The fourth-order valence-electron chi connectivity index (χ4n) is 4.73. The minimum absolute atomic E-state index is 0.0530. The number of nitrogens with zero attached hydrogens (tertiary/aromatic N) is 2. The zero-order valence-electron chi connectivity index (χ0n) is 20.4. The van der Waals surface area contributed by atoms with E-state index in [-0.39, 0.29) is 11.8 Å². The molecular weight excluding hydrogens is 450 g/mol. The summed E-state index contributed by atoms with van der Waals surface area (Å²) in [4.78, 5) is 24.4. The molecule has 2 N–H and O–H groups in total.